The minimum Gasteiger partial charge on any atom is -0.399 e. The SMILES string of the molecule is Nc1ccc(N(C=O)C2CCCCC2)cc1. The summed E-state index contributed by atoms with van der Waals surface area (Å²) in [7, 11) is 0. The Morgan fingerprint density at radius 2 is 1.75 bits per heavy atom. The van der Waals surface area contributed by atoms with Gasteiger partial charge in [0.15, 0.2) is 0 Å². The van der Waals surface area contributed by atoms with Crippen LogP contribution in [0.1, 0.15) is 32.1 Å². The van der Waals surface area contributed by atoms with Crippen LogP contribution in [0.2, 0.25) is 0 Å². The third kappa shape index (κ3) is 2.35. The van der Waals surface area contributed by atoms with Crippen LogP contribution < -0.4 is 10.6 Å². The van der Waals surface area contributed by atoms with Crippen LogP contribution in [0, 0.1) is 0 Å². The molecule has 0 radical (unpaired) electrons. The molecule has 0 aromatic heterocycles. The molecule has 0 unspecified atom stereocenters. The van der Waals surface area contributed by atoms with Crippen molar-refractivity contribution in [2.45, 2.75) is 38.1 Å². The third-order valence-electron chi connectivity index (χ3n) is 3.27. The Balaban J connectivity index is 2.14. The third-order valence-corrected chi connectivity index (χ3v) is 3.27. The van der Waals surface area contributed by atoms with Crippen LogP contribution in [-0.2, 0) is 4.79 Å². The van der Waals surface area contributed by atoms with Crippen LogP contribution in [0.4, 0.5) is 11.4 Å². The summed E-state index contributed by atoms with van der Waals surface area (Å²) in [6.45, 7) is 0. The summed E-state index contributed by atoms with van der Waals surface area (Å²) in [6.07, 6.45) is 6.92. The van der Waals surface area contributed by atoms with Crippen molar-refractivity contribution in [2.24, 2.45) is 0 Å². The molecule has 0 atom stereocenters. The molecule has 16 heavy (non-hydrogen) atoms. The average Bonchev–Trinajstić information content (AvgIpc) is 2.34. The van der Waals surface area contributed by atoms with Gasteiger partial charge < -0.3 is 10.6 Å². The van der Waals surface area contributed by atoms with Gasteiger partial charge in [-0.1, -0.05) is 19.3 Å². The predicted octanol–water partition coefficient (Wildman–Crippen LogP) is 2.56. The van der Waals surface area contributed by atoms with Gasteiger partial charge in [0.2, 0.25) is 6.41 Å². The Morgan fingerprint density at radius 1 is 1.12 bits per heavy atom. The second-order valence-electron chi connectivity index (χ2n) is 4.40. The number of hydrogen-bond donors (Lipinski definition) is 1. The van der Waals surface area contributed by atoms with Crippen molar-refractivity contribution in [3.05, 3.63) is 24.3 Å². The molecule has 2 N–H and O–H groups in total. The Labute approximate surface area is 96.2 Å². The van der Waals surface area contributed by atoms with Crippen LogP contribution in [0.25, 0.3) is 0 Å². The van der Waals surface area contributed by atoms with Gasteiger partial charge in [0.05, 0.1) is 0 Å². The average molecular weight is 218 g/mol. The van der Waals surface area contributed by atoms with Crippen LogP contribution in [0.15, 0.2) is 24.3 Å². The van der Waals surface area contributed by atoms with E-state index < -0.39 is 0 Å². The number of nitrogens with two attached hydrogens (primary N) is 1. The highest BCUT2D eigenvalue weighted by Gasteiger charge is 2.20. The normalized spacial score (nSPS) is 17.0. The Morgan fingerprint density at radius 3 is 2.31 bits per heavy atom. The fourth-order valence-electron chi connectivity index (χ4n) is 2.36. The van der Waals surface area contributed by atoms with Crippen molar-refractivity contribution in [1.29, 1.82) is 0 Å². The van der Waals surface area contributed by atoms with Gasteiger partial charge in [-0.2, -0.15) is 0 Å². The highest BCUT2D eigenvalue weighted by atomic mass is 16.1. The summed E-state index contributed by atoms with van der Waals surface area (Å²) in [5.41, 5.74) is 7.33. The number of carbonyl (C=O) groups is 1. The lowest BCUT2D eigenvalue weighted by Crippen LogP contribution is -2.35. The summed E-state index contributed by atoms with van der Waals surface area (Å²) < 4.78 is 0. The number of nitrogens with zero attached hydrogens (tertiary/aromatic N) is 1. The number of hydrogen-bond acceptors (Lipinski definition) is 2. The molecular weight excluding hydrogens is 200 g/mol. The first kappa shape index (κ1) is 11.0. The first-order valence-corrected chi connectivity index (χ1v) is 5.90. The van der Waals surface area contributed by atoms with Gasteiger partial charge in [-0.25, -0.2) is 0 Å². The lowest BCUT2D eigenvalue weighted by Gasteiger charge is -2.31. The maximum absolute atomic E-state index is 11.2. The van der Waals surface area contributed by atoms with Crippen molar-refractivity contribution in [2.75, 3.05) is 10.6 Å². The van der Waals surface area contributed by atoms with Crippen molar-refractivity contribution in [3.8, 4) is 0 Å². The zero-order valence-electron chi connectivity index (χ0n) is 9.43. The van der Waals surface area contributed by atoms with E-state index in [2.05, 4.69) is 0 Å². The van der Waals surface area contributed by atoms with Crippen molar-refractivity contribution in [3.63, 3.8) is 0 Å². The molecule has 1 aliphatic carbocycles. The summed E-state index contributed by atoms with van der Waals surface area (Å²) in [6, 6.07) is 7.88. The van der Waals surface area contributed by atoms with Crippen LogP contribution in [-0.4, -0.2) is 12.5 Å². The fourth-order valence-corrected chi connectivity index (χ4v) is 2.36. The van der Waals surface area contributed by atoms with E-state index in [4.69, 9.17) is 5.73 Å². The molecule has 3 nitrogen and oxygen atoms in total. The lowest BCUT2D eigenvalue weighted by atomic mass is 9.94. The minimum absolute atomic E-state index is 0.370. The van der Waals surface area contributed by atoms with E-state index in [9.17, 15) is 4.79 Å². The van der Waals surface area contributed by atoms with Crippen molar-refractivity contribution >= 4 is 17.8 Å². The second kappa shape index (κ2) is 5.01. The number of rotatable bonds is 3. The molecule has 0 heterocycles. The Bertz CT molecular complexity index is 341. The smallest absolute Gasteiger partial charge is 0.214 e. The lowest BCUT2D eigenvalue weighted by molar-refractivity contribution is -0.108. The number of amides is 1. The molecule has 3 heteroatoms. The highest BCUT2D eigenvalue weighted by molar-refractivity contribution is 5.76. The molecule has 0 aliphatic heterocycles. The summed E-state index contributed by atoms with van der Waals surface area (Å²) in [5, 5.41) is 0. The molecule has 0 saturated heterocycles. The number of nitrogen functional groups attached to an aromatic ring is 1. The number of carbonyl (C=O) groups excluding carboxylic acids is 1. The Hall–Kier alpha value is -1.51. The van der Waals surface area contributed by atoms with E-state index in [1.54, 1.807) is 0 Å². The van der Waals surface area contributed by atoms with Crippen molar-refractivity contribution < 1.29 is 4.79 Å². The minimum atomic E-state index is 0.370. The molecule has 0 bridgehead atoms. The van der Waals surface area contributed by atoms with Crippen LogP contribution in [0.3, 0.4) is 0 Å². The van der Waals surface area contributed by atoms with E-state index in [1.165, 1.54) is 19.3 Å². The quantitative estimate of drug-likeness (QED) is 0.626. The molecule has 0 spiro atoms. The van der Waals surface area contributed by atoms with Crippen molar-refractivity contribution in [1.82, 2.24) is 0 Å². The van der Waals surface area contributed by atoms with Gasteiger partial charge >= 0.3 is 0 Å². The molecule has 1 aromatic rings. The van der Waals surface area contributed by atoms with Gasteiger partial charge in [-0.15, -0.1) is 0 Å². The zero-order valence-corrected chi connectivity index (χ0v) is 9.43. The fraction of sp³-hybridized carbons (Fsp3) is 0.462. The molecule has 1 aromatic carbocycles. The van der Waals surface area contributed by atoms with Gasteiger partial charge in [-0.3, -0.25) is 4.79 Å². The number of anilines is 2. The monoisotopic (exact) mass is 218 g/mol. The highest BCUT2D eigenvalue weighted by Crippen LogP contribution is 2.26. The standard InChI is InChI=1S/C13H18N2O/c14-11-6-8-13(9-7-11)15(10-16)12-4-2-1-3-5-12/h6-10,12H,1-5,14H2. The van der Waals surface area contributed by atoms with E-state index in [0.717, 1.165) is 30.6 Å². The molecule has 1 fully saturated rings. The molecule has 1 saturated carbocycles. The van der Waals surface area contributed by atoms with Gasteiger partial charge in [0.1, 0.15) is 0 Å². The largest absolute Gasteiger partial charge is 0.399 e. The van der Waals surface area contributed by atoms with E-state index in [-0.39, 0.29) is 0 Å². The maximum atomic E-state index is 11.2. The molecule has 1 aliphatic rings. The molecule has 1 amide bonds. The first-order valence-electron chi connectivity index (χ1n) is 5.90. The number of benzene rings is 1. The zero-order chi connectivity index (χ0) is 11.4. The maximum Gasteiger partial charge on any atom is 0.214 e. The van der Waals surface area contributed by atoms with Gasteiger partial charge in [0, 0.05) is 17.4 Å². The molecular formula is C13H18N2O. The summed E-state index contributed by atoms with van der Waals surface area (Å²) in [4.78, 5) is 13.0. The topological polar surface area (TPSA) is 46.3 Å². The van der Waals surface area contributed by atoms with E-state index in [0.29, 0.717) is 6.04 Å². The molecule has 2 rings (SSSR count). The summed E-state index contributed by atoms with van der Waals surface area (Å²) >= 11 is 0. The Kier molecular flexibility index (Phi) is 3.44. The van der Waals surface area contributed by atoms with Gasteiger partial charge in [0.25, 0.3) is 0 Å². The van der Waals surface area contributed by atoms with Crippen LogP contribution in [0.5, 0.6) is 0 Å². The predicted molar refractivity (Wildman–Crippen MR) is 66.3 cm³/mol. The van der Waals surface area contributed by atoms with E-state index >= 15 is 0 Å². The van der Waals surface area contributed by atoms with Gasteiger partial charge in [-0.05, 0) is 37.1 Å². The first-order chi connectivity index (χ1) is 7.81. The molecule has 86 valence electrons. The van der Waals surface area contributed by atoms with E-state index in [1.807, 2.05) is 29.2 Å². The van der Waals surface area contributed by atoms with Crippen LogP contribution >= 0.6 is 0 Å². The second-order valence-corrected chi connectivity index (χ2v) is 4.40. The summed E-state index contributed by atoms with van der Waals surface area (Å²) in [5.74, 6) is 0.